The summed E-state index contributed by atoms with van der Waals surface area (Å²) in [4.78, 5) is 11.8. The molecule has 1 atom stereocenters. The van der Waals surface area contributed by atoms with Crippen LogP contribution in [0.3, 0.4) is 0 Å². The molecule has 1 aliphatic heterocycles. The van der Waals surface area contributed by atoms with Gasteiger partial charge in [0.2, 0.25) is 15.9 Å². The second-order valence-electron chi connectivity index (χ2n) is 4.90. The van der Waals surface area contributed by atoms with Crippen LogP contribution in [0, 0.1) is 0 Å². The number of nitrogens with one attached hydrogen (secondary N) is 1. The Bertz CT molecular complexity index is 603. The van der Waals surface area contributed by atoms with Gasteiger partial charge in [-0.05, 0) is 24.0 Å². The van der Waals surface area contributed by atoms with Crippen LogP contribution in [0.4, 0.5) is 4.39 Å². The van der Waals surface area contributed by atoms with E-state index < -0.39 is 34.5 Å². The summed E-state index contributed by atoms with van der Waals surface area (Å²) in [5, 5.41) is 0. The minimum absolute atomic E-state index is 0.0636. The maximum Gasteiger partial charge on any atom is 0.236 e. The molecule has 1 aromatic rings. The van der Waals surface area contributed by atoms with Crippen LogP contribution in [-0.4, -0.2) is 33.4 Å². The Morgan fingerprint density at radius 1 is 1.38 bits per heavy atom. The second-order valence-corrected chi connectivity index (χ2v) is 6.74. The topological polar surface area (TPSA) is 72.5 Å². The van der Waals surface area contributed by atoms with Crippen LogP contribution in [0.2, 0.25) is 0 Å². The molecule has 116 valence electrons. The molecule has 7 heteroatoms. The fourth-order valence-electron chi connectivity index (χ4n) is 2.32. The molecule has 0 radical (unpaired) electrons. The maximum absolute atomic E-state index is 12.0. The number of rotatable bonds is 6. The Labute approximate surface area is 123 Å². The molecule has 21 heavy (non-hydrogen) atoms. The standard InChI is InChI=1S/C14H18FNO4S/c15-7-3-9-21(18,19)16-14(17)10-13-12-5-2-1-4-11(12)6-8-20-13/h1-2,4-5,13H,3,6-10H2,(H,16,17). The van der Waals surface area contributed by atoms with Gasteiger partial charge < -0.3 is 4.74 Å². The van der Waals surface area contributed by atoms with Crippen LogP contribution < -0.4 is 4.72 Å². The van der Waals surface area contributed by atoms with Gasteiger partial charge >= 0.3 is 0 Å². The van der Waals surface area contributed by atoms with Gasteiger partial charge in [0.1, 0.15) is 0 Å². The van der Waals surface area contributed by atoms with Gasteiger partial charge in [0, 0.05) is 0 Å². The lowest BCUT2D eigenvalue weighted by atomic mass is 9.96. The number of ether oxygens (including phenoxy) is 1. The quantitative estimate of drug-likeness (QED) is 0.863. The zero-order chi connectivity index (χ0) is 15.3. The van der Waals surface area contributed by atoms with Gasteiger partial charge in [-0.3, -0.25) is 13.9 Å². The molecule has 2 rings (SSSR count). The monoisotopic (exact) mass is 315 g/mol. The summed E-state index contributed by atoms with van der Waals surface area (Å²) in [6.07, 6.45) is 0.159. The number of benzene rings is 1. The summed E-state index contributed by atoms with van der Waals surface area (Å²) in [5.74, 6) is -1.02. The minimum Gasteiger partial charge on any atom is -0.373 e. The highest BCUT2D eigenvalue weighted by Crippen LogP contribution is 2.29. The summed E-state index contributed by atoms with van der Waals surface area (Å²) in [6, 6.07) is 7.63. The molecule has 0 saturated heterocycles. The first-order chi connectivity index (χ1) is 10.0. The molecule has 1 N–H and O–H groups in total. The molecule has 1 unspecified atom stereocenters. The molecular weight excluding hydrogens is 297 g/mol. The molecular formula is C14H18FNO4S. The highest BCUT2D eigenvalue weighted by molar-refractivity contribution is 7.90. The van der Waals surface area contributed by atoms with Crippen molar-refractivity contribution in [1.82, 2.24) is 4.72 Å². The van der Waals surface area contributed by atoms with Crippen molar-refractivity contribution in [3.05, 3.63) is 35.4 Å². The normalized spacial score (nSPS) is 18.0. The smallest absolute Gasteiger partial charge is 0.236 e. The van der Waals surface area contributed by atoms with Crippen LogP contribution in [-0.2, 0) is 26.0 Å². The third-order valence-electron chi connectivity index (χ3n) is 3.28. The molecule has 0 spiro atoms. The summed E-state index contributed by atoms with van der Waals surface area (Å²) in [7, 11) is -3.77. The SMILES string of the molecule is O=C(CC1OCCc2ccccc21)NS(=O)(=O)CCCF. The van der Waals surface area contributed by atoms with E-state index >= 15 is 0 Å². The Balaban J connectivity index is 1.98. The fraction of sp³-hybridized carbons (Fsp3) is 0.500. The predicted molar refractivity (Wildman–Crippen MR) is 76.0 cm³/mol. The van der Waals surface area contributed by atoms with E-state index in [2.05, 4.69) is 0 Å². The zero-order valence-corrected chi connectivity index (χ0v) is 12.4. The molecule has 0 aromatic heterocycles. The zero-order valence-electron chi connectivity index (χ0n) is 11.5. The molecule has 1 aromatic carbocycles. The van der Waals surface area contributed by atoms with E-state index in [-0.39, 0.29) is 12.8 Å². The molecule has 0 aliphatic carbocycles. The summed E-state index contributed by atoms with van der Waals surface area (Å²) in [6.45, 7) is -0.224. The highest BCUT2D eigenvalue weighted by atomic mass is 32.2. The molecule has 1 amide bonds. The Hall–Kier alpha value is -1.47. The van der Waals surface area contributed by atoms with E-state index in [0.717, 1.165) is 17.5 Å². The molecule has 1 aliphatic rings. The summed E-state index contributed by atoms with van der Waals surface area (Å²) in [5.41, 5.74) is 2.03. The molecule has 0 fully saturated rings. The van der Waals surface area contributed by atoms with Crippen molar-refractivity contribution < 1.29 is 22.3 Å². The van der Waals surface area contributed by atoms with Gasteiger partial charge in [-0.2, -0.15) is 0 Å². The number of fused-ring (bicyclic) bond motifs is 1. The second kappa shape index (κ2) is 7.00. The largest absolute Gasteiger partial charge is 0.373 e. The van der Waals surface area contributed by atoms with Crippen molar-refractivity contribution in [1.29, 1.82) is 0 Å². The first-order valence-electron chi connectivity index (χ1n) is 6.80. The first kappa shape index (κ1) is 15.9. The van der Waals surface area contributed by atoms with Crippen LogP contribution in [0.15, 0.2) is 24.3 Å². The third kappa shape index (κ3) is 4.50. The van der Waals surface area contributed by atoms with Gasteiger partial charge in [0.15, 0.2) is 0 Å². The van der Waals surface area contributed by atoms with Crippen molar-refractivity contribution in [2.24, 2.45) is 0 Å². The van der Waals surface area contributed by atoms with Crippen molar-refractivity contribution in [2.45, 2.75) is 25.4 Å². The van der Waals surface area contributed by atoms with Crippen LogP contribution in [0.1, 0.15) is 30.1 Å². The van der Waals surface area contributed by atoms with E-state index in [0.29, 0.717) is 6.61 Å². The molecule has 5 nitrogen and oxygen atoms in total. The van der Waals surface area contributed by atoms with E-state index in [9.17, 15) is 17.6 Å². The first-order valence-corrected chi connectivity index (χ1v) is 8.46. The van der Waals surface area contributed by atoms with Crippen molar-refractivity contribution in [3.63, 3.8) is 0 Å². The van der Waals surface area contributed by atoms with Crippen LogP contribution >= 0.6 is 0 Å². The lowest BCUT2D eigenvalue weighted by Crippen LogP contribution is -2.34. The Morgan fingerprint density at radius 3 is 2.90 bits per heavy atom. The molecule has 1 heterocycles. The Morgan fingerprint density at radius 2 is 2.14 bits per heavy atom. The van der Waals surface area contributed by atoms with Crippen molar-refractivity contribution >= 4 is 15.9 Å². The highest BCUT2D eigenvalue weighted by Gasteiger charge is 2.24. The number of carbonyl (C=O) groups is 1. The lowest BCUT2D eigenvalue weighted by Gasteiger charge is -2.25. The predicted octanol–water partition coefficient (Wildman–Crippen LogP) is 1.50. The van der Waals surface area contributed by atoms with E-state index in [1.165, 1.54) is 0 Å². The van der Waals surface area contributed by atoms with Crippen LogP contribution in [0.25, 0.3) is 0 Å². The maximum atomic E-state index is 12.0. The number of carbonyl (C=O) groups excluding carboxylic acids is 1. The van der Waals surface area contributed by atoms with Gasteiger partial charge in [0.25, 0.3) is 0 Å². The average Bonchev–Trinajstić information content (AvgIpc) is 2.45. The lowest BCUT2D eigenvalue weighted by molar-refractivity contribution is -0.122. The van der Waals surface area contributed by atoms with Gasteiger partial charge in [0.05, 0.1) is 31.6 Å². The van der Waals surface area contributed by atoms with Gasteiger partial charge in [-0.1, -0.05) is 24.3 Å². The van der Waals surface area contributed by atoms with Crippen molar-refractivity contribution in [3.8, 4) is 0 Å². The number of hydrogen-bond acceptors (Lipinski definition) is 4. The summed E-state index contributed by atoms with van der Waals surface area (Å²) < 4.78 is 42.6. The number of hydrogen-bond donors (Lipinski definition) is 1. The average molecular weight is 315 g/mol. The molecule has 0 bridgehead atoms. The van der Waals surface area contributed by atoms with Crippen molar-refractivity contribution in [2.75, 3.05) is 19.0 Å². The Kier molecular flexibility index (Phi) is 5.30. The molecule has 0 saturated carbocycles. The third-order valence-corrected chi connectivity index (χ3v) is 4.64. The van der Waals surface area contributed by atoms with Gasteiger partial charge in [-0.25, -0.2) is 8.42 Å². The number of sulfonamides is 1. The van der Waals surface area contributed by atoms with Gasteiger partial charge in [-0.15, -0.1) is 0 Å². The van der Waals surface area contributed by atoms with E-state index in [1.54, 1.807) is 0 Å². The number of amides is 1. The fourth-order valence-corrected chi connectivity index (χ4v) is 3.35. The van der Waals surface area contributed by atoms with E-state index in [1.807, 2.05) is 29.0 Å². The number of alkyl halides is 1. The number of halogens is 1. The summed E-state index contributed by atoms with van der Waals surface area (Å²) >= 11 is 0. The minimum atomic E-state index is -3.77. The van der Waals surface area contributed by atoms with Crippen LogP contribution in [0.5, 0.6) is 0 Å². The van der Waals surface area contributed by atoms with E-state index in [4.69, 9.17) is 4.74 Å².